The number of hydrogen-bond acceptors (Lipinski definition) is 2. The Morgan fingerprint density at radius 1 is 0.679 bits per heavy atom. The molecule has 298 valence electrons. The highest BCUT2D eigenvalue weighted by atomic mass is 16.5. The van der Waals surface area contributed by atoms with Crippen molar-refractivity contribution in [3.8, 4) is 0 Å². The highest BCUT2D eigenvalue weighted by Crippen LogP contribution is 2.68. The van der Waals surface area contributed by atoms with Gasteiger partial charge in [-0.05, 0) is 135 Å². The Hall–Kier alpha value is -2.09. The third-order valence-corrected chi connectivity index (χ3v) is 15.5. The van der Waals surface area contributed by atoms with Crippen LogP contribution in [0.5, 0.6) is 0 Å². The Bertz CT molecular complexity index is 1250. The summed E-state index contributed by atoms with van der Waals surface area (Å²) in [5.41, 5.74) is 0.964. The monoisotopic (exact) mass is 727 g/mol. The minimum atomic E-state index is -0.191. The van der Waals surface area contributed by atoms with Crippen LogP contribution in [0.25, 0.3) is 0 Å². The van der Waals surface area contributed by atoms with Crippen molar-refractivity contribution < 1.29 is 9.53 Å². The minimum absolute atomic E-state index is 0.0716. The molecule has 0 bridgehead atoms. The lowest BCUT2D eigenvalue weighted by Crippen LogP contribution is -2.54. The summed E-state index contributed by atoms with van der Waals surface area (Å²) in [4.78, 5) is 12.8. The van der Waals surface area contributed by atoms with Gasteiger partial charge in [0, 0.05) is 6.08 Å². The summed E-state index contributed by atoms with van der Waals surface area (Å²) in [6.45, 7) is 17.5. The van der Waals surface area contributed by atoms with Crippen LogP contribution < -0.4 is 0 Å². The van der Waals surface area contributed by atoms with E-state index in [1.54, 1.807) is 6.08 Å². The van der Waals surface area contributed by atoms with Gasteiger partial charge in [0.1, 0.15) is 6.10 Å². The highest BCUT2D eigenvalue weighted by Gasteiger charge is 2.60. The van der Waals surface area contributed by atoms with Crippen molar-refractivity contribution in [1.29, 1.82) is 0 Å². The second-order valence-corrected chi connectivity index (χ2v) is 18.9. The molecule has 0 heterocycles. The minimum Gasteiger partial charge on any atom is -0.459 e. The molecule has 0 spiro atoms. The Morgan fingerprint density at radius 2 is 1.30 bits per heavy atom. The van der Waals surface area contributed by atoms with Gasteiger partial charge >= 0.3 is 5.97 Å². The van der Waals surface area contributed by atoms with E-state index in [1.807, 2.05) is 42.5 Å². The molecule has 2 heteroatoms. The van der Waals surface area contributed by atoms with Gasteiger partial charge in [0.2, 0.25) is 0 Å². The zero-order valence-corrected chi connectivity index (χ0v) is 35.6. The topological polar surface area (TPSA) is 26.3 Å². The number of fused-ring (bicyclic) bond motifs is 5. The first-order valence-corrected chi connectivity index (χ1v) is 22.8. The molecule has 0 aliphatic heterocycles. The first-order valence-electron chi connectivity index (χ1n) is 22.8. The maximum Gasteiger partial charge on any atom is 0.331 e. The molecule has 0 aromatic heterocycles. The Kier molecular flexibility index (Phi) is 18.5. The van der Waals surface area contributed by atoms with Crippen molar-refractivity contribution in [1.82, 2.24) is 0 Å². The summed E-state index contributed by atoms with van der Waals surface area (Å²) in [6.07, 6.45) is 50.7. The van der Waals surface area contributed by atoms with Crippen LogP contribution in [-0.4, -0.2) is 12.1 Å². The molecule has 0 saturated heterocycles. The summed E-state index contributed by atoms with van der Waals surface area (Å²) in [5, 5.41) is 0. The lowest BCUT2D eigenvalue weighted by molar-refractivity contribution is -0.158. The van der Waals surface area contributed by atoms with Gasteiger partial charge < -0.3 is 4.74 Å². The largest absolute Gasteiger partial charge is 0.459 e. The second kappa shape index (κ2) is 22.5. The van der Waals surface area contributed by atoms with Crippen LogP contribution in [0.15, 0.2) is 72.9 Å². The van der Waals surface area contributed by atoms with Crippen molar-refractivity contribution in [3.63, 3.8) is 0 Å². The van der Waals surface area contributed by atoms with Gasteiger partial charge in [0.05, 0.1) is 0 Å². The van der Waals surface area contributed by atoms with Crippen LogP contribution >= 0.6 is 0 Å². The van der Waals surface area contributed by atoms with Crippen molar-refractivity contribution >= 4 is 5.97 Å². The van der Waals surface area contributed by atoms with Crippen LogP contribution in [-0.2, 0) is 9.53 Å². The number of hydrogen-bond donors (Lipinski definition) is 0. The third kappa shape index (κ3) is 12.5. The van der Waals surface area contributed by atoms with Crippen molar-refractivity contribution in [2.24, 2.45) is 58.2 Å². The van der Waals surface area contributed by atoms with Crippen LogP contribution in [0.3, 0.4) is 0 Å². The average Bonchev–Trinajstić information content (AvgIpc) is 3.50. The predicted octanol–water partition coefficient (Wildman–Crippen LogP) is 15.1. The van der Waals surface area contributed by atoms with Crippen LogP contribution in [0.1, 0.15) is 177 Å². The summed E-state index contributed by atoms with van der Waals surface area (Å²) in [5.74, 6) is 6.68. The van der Waals surface area contributed by atoms with Crippen LogP contribution in [0.4, 0.5) is 0 Å². The first-order chi connectivity index (χ1) is 25.6. The third-order valence-electron chi connectivity index (χ3n) is 15.5. The maximum atomic E-state index is 12.8. The molecule has 4 rings (SSSR count). The van der Waals surface area contributed by atoms with Crippen LogP contribution in [0.2, 0.25) is 0 Å². The van der Waals surface area contributed by atoms with E-state index in [9.17, 15) is 4.79 Å². The van der Waals surface area contributed by atoms with E-state index >= 15 is 0 Å². The van der Waals surface area contributed by atoms with E-state index in [2.05, 4.69) is 72.8 Å². The van der Waals surface area contributed by atoms with Crippen LogP contribution in [0, 0.1) is 58.2 Å². The predicted molar refractivity (Wildman–Crippen MR) is 230 cm³/mol. The summed E-state index contributed by atoms with van der Waals surface area (Å²) >= 11 is 0. The Balaban J connectivity index is 1.14. The van der Waals surface area contributed by atoms with Gasteiger partial charge in [0.25, 0.3) is 0 Å². The van der Waals surface area contributed by atoms with E-state index < -0.39 is 0 Å². The summed E-state index contributed by atoms with van der Waals surface area (Å²) in [6, 6.07) is 0. The van der Waals surface area contributed by atoms with Crippen molar-refractivity contribution in [2.45, 2.75) is 183 Å². The molecule has 4 fully saturated rings. The SMILES string of the molecule is CCCCCCCCC/C=C/C=C/C=C/C=C/C=C/C=C/C(=O)O[C@H]1CC[C@@]2(C)[C@@H](CC[C@@H]3[C@@H]2CC[C@]2(C)[C@@H]([C@H](C)CC[C@@H](CC)C(C)C)CC[C@@H]32)C1. The first kappa shape index (κ1) is 43.6. The molecule has 0 unspecified atom stereocenters. The smallest absolute Gasteiger partial charge is 0.331 e. The number of allylic oxidation sites excluding steroid dienone is 11. The lowest BCUT2D eigenvalue weighted by atomic mass is 9.44. The number of unbranched alkanes of at least 4 members (excludes halogenated alkanes) is 7. The number of carbonyl (C=O) groups is 1. The molecular weight excluding hydrogens is 645 g/mol. The molecule has 4 saturated carbocycles. The number of carbonyl (C=O) groups excluding carboxylic acids is 1. The fourth-order valence-electron chi connectivity index (χ4n) is 12.2. The van der Waals surface area contributed by atoms with E-state index in [-0.39, 0.29) is 12.1 Å². The molecule has 0 radical (unpaired) electrons. The summed E-state index contributed by atoms with van der Waals surface area (Å²) < 4.78 is 6.04. The fraction of sp³-hybridized carbons (Fsp3) is 0.745. The fourth-order valence-corrected chi connectivity index (χ4v) is 12.2. The molecule has 0 N–H and O–H groups in total. The average molecular weight is 727 g/mol. The number of esters is 1. The highest BCUT2D eigenvalue weighted by molar-refractivity contribution is 5.82. The normalized spacial score (nSPS) is 33.1. The second-order valence-electron chi connectivity index (χ2n) is 18.9. The van der Waals surface area contributed by atoms with Gasteiger partial charge in [-0.15, -0.1) is 0 Å². The quantitative estimate of drug-likeness (QED) is 0.0509. The molecule has 53 heavy (non-hydrogen) atoms. The zero-order valence-electron chi connectivity index (χ0n) is 35.6. The zero-order chi connectivity index (χ0) is 38.1. The lowest BCUT2D eigenvalue weighted by Gasteiger charge is -2.61. The van der Waals surface area contributed by atoms with Crippen molar-refractivity contribution in [3.05, 3.63) is 72.9 Å². The Morgan fingerprint density at radius 3 is 1.98 bits per heavy atom. The Labute approximate surface area is 328 Å². The van der Waals surface area contributed by atoms with E-state index in [1.165, 1.54) is 116 Å². The molecular formula is C51H82O2. The molecule has 0 amide bonds. The van der Waals surface area contributed by atoms with Gasteiger partial charge in [-0.1, -0.05) is 167 Å². The van der Waals surface area contributed by atoms with Gasteiger partial charge in [0.15, 0.2) is 0 Å². The maximum absolute atomic E-state index is 12.8. The molecule has 0 aromatic carbocycles. The van der Waals surface area contributed by atoms with Crippen molar-refractivity contribution in [2.75, 3.05) is 0 Å². The standard InChI is InChI=1S/C51H82O2/c1-8-10-11-12-13-14-15-16-17-18-19-20-21-22-23-24-25-26-27-28-49(52)53-44-35-37-50(6)43(39-44)31-32-45-47-34-33-46(51(47,7)38-36-48(45)50)41(5)29-30-42(9-2)40(3)4/h17-28,40-48H,8-16,29-39H2,1-7H3/b18-17+,20-19+,22-21+,24-23+,26-25+,28-27+/t41-,42-,43+,44+,45+,46-,47+,48+,50+,51-/m1/s1. The molecule has 2 nitrogen and oxygen atoms in total. The number of ether oxygens (including phenoxy) is 1. The summed E-state index contributed by atoms with van der Waals surface area (Å²) in [7, 11) is 0. The van der Waals surface area contributed by atoms with E-state index in [0.29, 0.717) is 16.7 Å². The molecule has 10 atom stereocenters. The molecule has 4 aliphatic rings. The molecule has 4 aliphatic carbocycles. The number of rotatable bonds is 21. The van der Waals surface area contributed by atoms with Gasteiger partial charge in [-0.3, -0.25) is 0 Å². The van der Waals surface area contributed by atoms with Gasteiger partial charge in [-0.2, -0.15) is 0 Å². The van der Waals surface area contributed by atoms with Gasteiger partial charge in [-0.25, -0.2) is 4.79 Å². The van der Waals surface area contributed by atoms with E-state index in [4.69, 9.17) is 4.74 Å². The van der Waals surface area contributed by atoms with E-state index in [0.717, 1.165) is 54.3 Å². The molecule has 0 aromatic rings.